The number of hydrogen-bond acceptors (Lipinski definition) is 4. The molecule has 0 saturated carbocycles. The van der Waals surface area contributed by atoms with E-state index in [1.165, 1.54) is 0 Å². The molecule has 1 aromatic rings. The van der Waals surface area contributed by atoms with E-state index in [4.69, 9.17) is 5.84 Å². The molecule has 68 valence electrons. The van der Waals surface area contributed by atoms with E-state index in [-0.39, 0.29) is 6.17 Å². The van der Waals surface area contributed by atoms with Crippen LogP contribution in [0.2, 0.25) is 0 Å². The van der Waals surface area contributed by atoms with Crippen LogP contribution in [-0.4, -0.2) is 5.71 Å². The molecule has 0 bridgehead atoms. The lowest BCUT2D eigenvalue weighted by molar-refractivity contribution is 0.456. The van der Waals surface area contributed by atoms with E-state index in [1.807, 2.05) is 31.2 Å². The highest BCUT2D eigenvalue weighted by Crippen LogP contribution is 2.19. The van der Waals surface area contributed by atoms with E-state index in [0.29, 0.717) is 0 Å². The Kier molecular flexibility index (Phi) is 2.00. The molecule has 1 aromatic carbocycles. The quantitative estimate of drug-likeness (QED) is 0.430. The summed E-state index contributed by atoms with van der Waals surface area (Å²) < 4.78 is 0. The lowest BCUT2D eigenvalue weighted by atomic mass is 10.0. The van der Waals surface area contributed by atoms with Gasteiger partial charge in [-0.3, -0.25) is 11.3 Å². The van der Waals surface area contributed by atoms with E-state index < -0.39 is 0 Å². The van der Waals surface area contributed by atoms with Gasteiger partial charge in [0.15, 0.2) is 0 Å². The minimum Gasteiger partial charge on any atom is -0.287 e. The lowest BCUT2D eigenvalue weighted by Crippen LogP contribution is -2.39. The SMILES string of the molecule is CC1=NNC(NN)c2ccccc21. The first-order chi connectivity index (χ1) is 6.33. The maximum absolute atomic E-state index is 5.38. The summed E-state index contributed by atoms with van der Waals surface area (Å²) in [7, 11) is 0. The molecule has 4 N–H and O–H groups in total. The van der Waals surface area contributed by atoms with Crippen molar-refractivity contribution in [1.82, 2.24) is 10.9 Å². The van der Waals surface area contributed by atoms with Crippen LogP contribution in [-0.2, 0) is 0 Å². The lowest BCUT2D eigenvalue weighted by Gasteiger charge is -2.23. The Morgan fingerprint density at radius 2 is 2.23 bits per heavy atom. The van der Waals surface area contributed by atoms with Gasteiger partial charge in [0.1, 0.15) is 6.17 Å². The number of nitrogens with one attached hydrogen (secondary N) is 2. The van der Waals surface area contributed by atoms with E-state index in [1.54, 1.807) is 0 Å². The Morgan fingerprint density at radius 3 is 3.00 bits per heavy atom. The van der Waals surface area contributed by atoms with Gasteiger partial charge in [-0.1, -0.05) is 24.3 Å². The molecule has 0 aromatic heterocycles. The molecular formula is C9H12N4. The number of rotatable bonds is 1. The zero-order valence-electron chi connectivity index (χ0n) is 7.41. The van der Waals surface area contributed by atoms with Gasteiger partial charge in [-0.15, -0.1) is 0 Å². The molecule has 1 aliphatic rings. The average molecular weight is 176 g/mol. The van der Waals surface area contributed by atoms with Crippen LogP contribution in [0.25, 0.3) is 0 Å². The van der Waals surface area contributed by atoms with E-state index in [9.17, 15) is 0 Å². The maximum Gasteiger partial charge on any atom is 0.132 e. The predicted octanol–water partition coefficient (Wildman–Crippen LogP) is 0.476. The van der Waals surface area contributed by atoms with Crippen molar-refractivity contribution in [3.8, 4) is 0 Å². The van der Waals surface area contributed by atoms with Gasteiger partial charge < -0.3 is 0 Å². The molecule has 1 unspecified atom stereocenters. The van der Waals surface area contributed by atoms with Gasteiger partial charge in [-0.05, 0) is 6.92 Å². The van der Waals surface area contributed by atoms with Crippen LogP contribution in [0.1, 0.15) is 24.2 Å². The largest absolute Gasteiger partial charge is 0.287 e. The van der Waals surface area contributed by atoms with Gasteiger partial charge >= 0.3 is 0 Å². The molecule has 0 amide bonds. The van der Waals surface area contributed by atoms with Gasteiger partial charge in [0.05, 0.1) is 5.71 Å². The highest BCUT2D eigenvalue weighted by molar-refractivity contribution is 6.00. The fourth-order valence-electron chi connectivity index (χ4n) is 1.50. The zero-order valence-corrected chi connectivity index (χ0v) is 7.41. The van der Waals surface area contributed by atoms with Crippen molar-refractivity contribution in [2.24, 2.45) is 10.9 Å². The second-order valence-corrected chi connectivity index (χ2v) is 3.01. The Hall–Kier alpha value is -1.39. The number of benzene rings is 1. The molecule has 0 saturated heterocycles. The molecule has 2 rings (SSSR count). The summed E-state index contributed by atoms with van der Waals surface area (Å²) in [6, 6.07) is 8.06. The summed E-state index contributed by atoms with van der Waals surface area (Å²) in [6.07, 6.45) is -0.0834. The molecular weight excluding hydrogens is 164 g/mol. The molecule has 1 heterocycles. The Bertz CT molecular complexity index is 345. The number of fused-ring (bicyclic) bond motifs is 1. The molecule has 1 aliphatic heterocycles. The average Bonchev–Trinajstić information content (AvgIpc) is 2.19. The number of hydrazone groups is 1. The standard InChI is InChI=1S/C9H12N4/c1-6-7-4-2-3-5-8(7)9(11-10)13-12-6/h2-5,9,11,13H,10H2,1H3. The summed E-state index contributed by atoms with van der Waals surface area (Å²) in [6.45, 7) is 1.97. The van der Waals surface area contributed by atoms with Crippen molar-refractivity contribution < 1.29 is 0 Å². The van der Waals surface area contributed by atoms with E-state index in [2.05, 4.69) is 16.0 Å². The number of hydrazine groups is 1. The third kappa shape index (κ3) is 1.30. The van der Waals surface area contributed by atoms with Crippen LogP contribution in [0.3, 0.4) is 0 Å². The normalized spacial score (nSPS) is 20.2. The minimum absolute atomic E-state index is 0.0834. The Balaban J connectivity index is 2.50. The summed E-state index contributed by atoms with van der Waals surface area (Å²) in [5.74, 6) is 5.38. The minimum atomic E-state index is -0.0834. The summed E-state index contributed by atoms with van der Waals surface area (Å²) in [5.41, 5.74) is 8.86. The van der Waals surface area contributed by atoms with E-state index >= 15 is 0 Å². The summed E-state index contributed by atoms with van der Waals surface area (Å²) >= 11 is 0. The fourth-order valence-corrected chi connectivity index (χ4v) is 1.50. The van der Waals surface area contributed by atoms with Gasteiger partial charge in [-0.25, -0.2) is 5.43 Å². The van der Waals surface area contributed by atoms with Crippen LogP contribution < -0.4 is 16.7 Å². The third-order valence-electron chi connectivity index (χ3n) is 2.19. The van der Waals surface area contributed by atoms with Crippen LogP contribution in [0, 0.1) is 0 Å². The van der Waals surface area contributed by atoms with Gasteiger partial charge in [-0.2, -0.15) is 5.10 Å². The maximum atomic E-state index is 5.38. The van der Waals surface area contributed by atoms with Gasteiger partial charge in [0.2, 0.25) is 0 Å². The van der Waals surface area contributed by atoms with Gasteiger partial charge in [0.25, 0.3) is 0 Å². The first-order valence-corrected chi connectivity index (χ1v) is 4.18. The predicted molar refractivity (Wildman–Crippen MR) is 51.9 cm³/mol. The van der Waals surface area contributed by atoms with Crippen LogP contribution in [0.5, 0.6) is 0 Å². The first-order valence-electron chi connectivity index (χ1n) is 4.18. The van der Waals surface area contributed by atoms with Crippen LogP contribution >= 0.6 is 0 Å². The number of hydrogen-bond donors (Lipinski definition) is 3. The Labute approximate surface area is 76.8 Å². The number of nitrogens with zero attached hydrogens (tertiary/aromatic N) is 1. The first kappa shape index (κ1) is 8.22. The van der Waals surface area contributed by atoms with Crippen molar-refractivity contribution in [3.63, 3.8) is 0 Å². The molecule has 0 aliphatic carbocycles. The zero-order chi connectivity index (χ0) is 9.26. The van der Waals surface area contributed by atoms with Crippen molar-refractivity contribution in [2.75, 3.05) is 0 Å². The van der Waals surface area contributed by atoms with Crippen LogP contribution in [0.4, 0.5) is 0 Å². The molecule has 0 radical (unpaired) electrons. The molecule has 0 spiro atoms. The smallest absolute Gasteiger partial charge is 0.132 e. The third-order valence-corrected chi connectivity index (χ3v) is 2.19. The van der Waals surface area contributed by atoms with Gasteiger partial charge in [0, 0.05) is 11.1 Å². The molecule has 4 nitrogen and oxygen atoms in total. The van der Waals surface area contributed by atoms with Crippen molar-refractivity contribution >= 4 is 5.71 Å². The summed E-state index contributed by atoms with van der Waals surface area (Å²) in [5, 5.41) is 4.15. The second-order valence-electron chi connectivity index (χ2n) is 3.01. The molecule has 0 fully saturated rings. The van der Waals surface area contributed by atoms with Crippen LogP contribution in [0.15, 0.2) is 29.4 Å². The second kappa shape index (κ2) is 3.16. The molecule has 13 heavy (non-hydrogen) atoms. The van der Waals surface area contributed by atoms with Crippen molar-refractivity contribution in [1.29, 1.82) is 0 Å². The number of nitrogens with two attached hydrogens (primary N) is 1. The van der Waals surface area contributed by atoms with Crippen molar-refractivity contribution in [3.05, 3.63) is 35.4 Å². The molecule has 1 atom stereocenters. The molecule has 4 heteroatoms. The highest BCUT2D eigenvalue weighted by atomic mass is 15.4. The monoisotopic (exact) mass is 176 g/mol. The topological polar surface area (TPSA) is 62.4 Å². The fraction of sp³-hybridized carbons (Fsp3) is 0.222. The van der Waals surface area contributed by atoms with E-state index in [0.717, 1.165) is 16.8 Å². The van der Waals surface area contributed by atoms with Crippen molar-refractivity contribution in [2.45, 2.75) is 13.1 Å². The highest BCUT2D eigenvalue weighted by Gasteiger charge is 2.17. The summed E-state index contributed by atoms with van der Waals surface area (Å²) in [4.78, 5) is 0. The Morgan fingerprint density at radius 1 is 1.46 bits per heavy atom.